The number of carbonyl (C=O) groups excluding carboxylic acids is 5. The Bertz CT molecular complexity index is 2860. The van der Waals surface area contributed by atoms with Crippen LogP contribution < -0.4 is 0 Å². The number of hydrogen-bond donors (Lipinski definition) is 1. The van der Waals surface area contributed by atoms with Gasteiger partial charge < -0.3 is 76.2 Å². The molecular formula is C129H228O21. The van der Waals surface area contributed by atoms with Gasteiger partial charge in [-0.05, 0) is 62.3 Å². The maximum absolute atomic E-state index is 10.1. The van der Waals surface area contributed by atoms with Gasteiger partial charge in [-0.15, -0.1) is 0 Å². The van der Waals surface area contributed by atoms with Gasteiger partial charge in [0.1, 0.15) is 6.79 Å². The molecule has 0 heterocycles. The van der Waals surface area contributed by atoms with Crippen LogP contribution >= 0.6 is 0 Å². The van der Waals surface area contributed by atoms with Gasteiger partial charge in [0.15, 0.2) is 0 Å². The molecule has 21 nitrogen and oxygen atoms in total. The standard InChI is InChI=1S/5C7H8.5C6H6.4C5H8O2.C3H4O2.10C2H6O.10C2H6.CH2O/c5*1-7-5-3-2-4-6-7;5*1-2-4-6-5-3-1;4*1-3-5(6)7-4-2;1-2-3(4)5;10*1-3-2;11*1-2/h5*2-6H,1H3;5*1-6H;4*3H,1,4H2,2H3;2H,1H2,(H,4,5);10*1-2H3;10*1-2H3;1H2. The summed E-state index contributed by atoms with van der Waals surface area (Å²) < 4.78 is 60.2. The highest BCUT2D eigenvalue weighted by Crippen LogP contribution is 1.96. The number of carboxylic acids is 1. The van der Waals surface area contributed by atoms with Gasteiger partial charge in [0.05, 0.1) is 26.4 Å². The molecular weight excluding hydrogens is 1890 g/mol. The highest BCUT2D eigenvalue weighted by Gasteiger charge is 1.89. The minimum Gasteiger partial charge on any atom is -0.478 e. The van der Waals surface area contributed by atoms with Crippen molar-refractivity contribution in [3.63, 3.8) is 0 Å². The van der Waals surface area contributed by atoms with E-state index in [2.05, 4.69) is 194 Å². The number of aliphatic carboxylic acids is 1. The lowest BCUT2D eigenvalue weighted by atomic mass is 10.2. The van der Waals surface area contributed by atoms with E-state index in [9.17, 15) is 24.0 Å². The molecule has 1 N–H and O–H groups in total. The van der Waals surface area contributed by atoms with Crippen LogP contribution in [0.4, 0.5) is 0 Å². The van der Waals surface area contributed by atoms with Gasteiger partial charge in [-0.3, -0.25) is 0 Å². The first-order valence-corrected chi connectivity index (χ1v) is 50.0. The van der Waals surface area contributed by atoms with Gasteiger partial charge in [0, 0.05) is 173 Å². The van der Waals surface area contributed by atoms with E-state index in [4.69, 9.17) is 9.90 Å². The second kappa shape index (κ2) is 275. The van der Waals surface area contributed by atoms with E-state index in [0.29, 0.717) is 26.4 Å². The van der Waals surface area contributed by atoms with Crippen LogP contribution in [0.15, 0.2) is 397 Å². The van der Waals surface area contributed by atoms with E-state index in [0.717, 1.165) is 30.4 Å². The molecule has 10 aromatic rings. The van der Waals surface area contributed by atoms with Crippen molar-refractivity contribution in [1.29, 1.82) is 0 Å². The molecule has 0 aliphatic carbocycles. The van der Waals surface area contributed by atoms with Crippen molar-refractivity contribution in [2.75, 3.05) is 169 Å². The van der Waals surface area contributed by atoms with Gasteiger partial charge in [0.2, 0.25) is 0 Å². The van der Waals surface area contributed by atoms with Crippen LogP contribution in [0.2, 0.25) is 0 Å². The van der Waals surface area contributed by atoms with Crippen LogP contribution in [0.1, 0.15) is 194 Å². The second-order valence-corrected chi connectivity index (χ2v) is 22.5. The highest BCUT2D eigenvalue weighted by atomic mass is 16.5. The average Bonchev–Trinajstić information content (AvgIpc) is 1.02. The molecule has 870 valence electrons. The fraction of sp³-hybridized carbons (Fsp3) is 0.411. The third-order valence-corrected chi connectivity index (χ3v) is 10.0. The fourth-order valence-electron chi connectivity index (χ4n) is 5.40. The number of hydrogen-bond acceptors (Lipinski definition) is 20. The summed E-state index contributed by atoms with van der Waals surface area (Å²) in [6.45, 7) is 76.9. The summed E-state index contributed by atoms with van der Waals surface area (Å²) >= 11 is 0. The van der Waals surface area contributed by atoms with Crippen molar-refractivity contribution >= 4 is 36.6 Å². The first-order valence-electron chi connectivity index (χ1n) is 50.0. The summed E-state index contributed by atoms with van der Waals surface area (Å²) in [6, 6.07) is 111. The van der Waals surface area contributed by atoms with Gasteiger partial charge >= 0.3 is 29.8 Å². The predicted molar refractivity (Wildman–Crippen MR) is 663 cm³/mol. The third-order valence-electron chi connectivity index (χ3n) is 10.0. The maximum atomic E-state index is 10.1. The van der Waals surface area contributed by atoms with Gasteiger partial charge in [0.25, 0.3) is 0 Å². The lowest BCUT2D eigenvalue weighted by Crippen LogP contribution is -1.97. The molecule has 0 fully saturated rings. The quantitative estimate of drug-likeness (QED) is 0.0801. The van der Waals surface area contributed by atoms with Crippen molar-refractivity contribution in [3.8, 4) is 0 Å². The zero-order valence-electron chi connectivity index (χ0n) is 104. The molecule has 0 amide bonds. The van der Waals surface area contributed by atoms with E-state index in [1.54, 1.807) is 170 Å². The Morgan fingerprint density at radius 2 is 0.240 bits per heavy atom. The summed E-state index contributed by atoms with van der Waals surface area (Å²) in [4.78, 5) is 57.5. The van der Waals surface area contributed by atoms with Crippen LogP contribution in [0.25, 0.3) is 0 Å². The molecule has 10 rings (SSSR count). The number of benzene rings is 10. The molecule has 0 aromatic heterocycles. The fourth-order valence-corrected chi connectivity index (χ4v) is 5.40. The molecule has 0 unspecified atom stereocenters. The Morgan fingerprint density at radius 3 is 0.267 bits per heavy atom. The Kier molecular flexibility index (Phi) is 378. The Morgan fingerprint density at radius 1 is 0.180 bits per heavy atom. The number of rotatable bonds is 9. The average molecular weight is 2120 g/mol. The van der Waals surface area contributed by atoms with Gasteiger partial charge in [-0.25, -0.2) is 24.0 Å². The largest absolute Gasteiger partial charge is 0.478 e. The zero-order chi connectivity index (χ0) is 123. The third kappa shape index (κ3) is 388. The van der Waals surface area contributed by atoms with Gasteiger partial charge in [-0.1, -0.05) is 533 Å². The van der Waals surface area contributed by atoms with Crippen LogP contribution in [-0.4, -0.2) is 210 Å². The molecule has 0 aliphatic rings. The van der Waals surface area contributed by atoms with Crippen LogP contribution in [0.3, 0.4) is 0 Å². The van der Waals surface area contributed by atoms with Crippen LogP contribution in [0.5, 0.6) is 0 Å². The molecule has 0 bridgehead atoms. The van der Waals surface area contributed by atoms with Crippen molar-refractivity contribution in [2.24, 2.45) is 0 Å². The van der Waals surface area contributed by atoms with E-state index in [-0.39, 0.29) is 23.9 Å². The van der Waals surface area contributed by atoms with E-state index in [1.165, 1.54) is 27.8 Å². The van der Waals surface area contributed by atoms with E-state index in [1.807, 2.05) is 418 Å². The predicted octanol–water partition coefficient (Wildman–Crippen LogP) is 34.3. The smallest absolute Gasteiger partial charge is 0.330 e. The Hall–Kier alpha value is -12.5. The van der Waals surface area contributed by atoms with Gasteiger partial charge in [-0.2, -0.15) is 0 Å². The number of methoxy groups -OCH3 is 10. The maximum Gasteiger partial charge on any atom is 0.330 e. The topological polar surface area (TPSA) is 252 Å². The van der Waals surface area contributed by atoms with Crippen LogP contribution in [-0.2, 0) is 95.1 Å². The highest BCUT2D eigenvalue weighted by molar-refractivity contribution is 5.82. The number of carbonyl (C=O) groups is 6. The summed E-state index contributed by atoms with van der Waals surface area (Å²) in [5, 5.41) is 7.60. The molecule has 21 heteroatoms. The summed E-state index contributed by atoms with van der Waals surface area (Å²) in [5.41, 5.74) is 6.61. The molecule has 0 saturated heterocycles. The Labute approximate surface area is 925 Å². The van der Waals surface area contributed by atoms with Crippen molar-refractivity contribution in [1.82, 2.24) is 0 Å². The van der Waals surface area contributed by atoms with Crippen LogP contribution in [0, 0.1) is 34.6 Å². The minimum atomic E-state index is -0.981. The molecule has 0 spiro atoms. The molecule has 0 atom stereocenters. The first-order chi connectivity index (χ1) is 72.6. The summed E-state index contributed by atoms with van der Waals surface area (Å²) in [6.07, 6.45) is 5.40. The molecule has 0 radical (unpaired) electrons. The number of ether oxygens (including phenoxy) is 14. The monoisotopic (exact) mass is 2110 g/mol. The SMILES string of the molecule is C=CC(=O)O.C=CC(=O)OCC.C=CC(=O)OCC.C=CC(=O)OCC.C=CC(=O)OCC.C=O.CC.CC.CC.CC.CC.CC.CC.CC.CC.CC.COC.COC.COC.COC.COC.COC.COC.COC.COC.COC.Cc1ccccc1.Cc1ccccc1.Cc1ccccc1.Cc1ccccc1.Cc1ccccc1.c1ccccc1.c1ccccc1.c1ccccc1.c1ccccc1.c1ccccc1. The van der Waals surface area contributed by atoms with E-state index < -0.39 is 5.97 Å². The normalized spacial score (nSPS) is 6.89. The van der Waals surface area contributed by atoms with Crippen molar-refractivity contribution < 1.29 is 100 Å². The minimum absolute atomic E-state index is 0.359. The number of esters is 4. The number of carboxylic acid groups (broad SMARTS) is 1. The summed E-state index contributed by atoms with van der Waals surface area (Å²) in [7, 11) is 32.5. The molecule has 0 saturated carbocycles. The Balaban J connectivity index is -0.0000000444. The van der Waals surface area contributed by atoms with E-state index >= 15 is 0 Å². The second-order valence-electron chi connectivity index (χ2n) is 22.5. The first kappa shape index (κ1) is 206. The molecule has 150 heavy (non-hydrogen) atoms. The number of aryl methyl sites for hydroxylation is 5. The van der Waals surface area contributed by atoms with Crippen molar-refractivity contribution in [2.45, 2.75) is 201 Å². The lowest BCUT2D eigenvalue weighted by molar-refractivity contribution is -0.138. The van der Waals surface area contributed by atoms with Crippen molar-refractivity contribution in [3.05, 3.63) is 425 Å². The summed E-state index contributed by atoms with van der Waals surface area (Å²) in [5.74, 6) is -2.42. The molecule has 10 aromatic carbocycles. The lowest BCUT2D eigenvalue weighted by Gasteiger charge is -1.90. The molecule has 0 aliphatic heterocycles. The zero-order valence-corrected chi connectivity index (χ0v) is 104.